The summed E-state index contributed by atoms with van der Waals surface area (Å²) in [6.07, 6.45) is 5.00. The van der Waals surface area contributed by atoms with E-state index in [1.807, 2.05) is 11.6 Å². The maximum atomic E-state index is 13.3. The lowest BCUT2D eigenvalue weighted by molar-refractivity contribution is 0.0918. The fourth-order valence-corrected chi connectivity index (χ4v) is 3.79. The molecule has 1 aliphatic carbocycles. The summed E-state index contributed by atoms with van der Waals surface area (Å²) >= 11 is 0. The van der Waals surface area contributed by atoms with Crippen molar-refractivity contribution in [2.24, 2.45) is 5.41 Å². The average molecular weight is 367 g/mol. The maximum Gasteiger partial charge on any atom is 0.255 e. The molecule has 1 unspecified atom stereocenters. The number of aromatic nitrogens is 4. The summed E-state index contributed by atoms with van der Waals surface area (Å²) in [5, 5.41) is 14.4. The monoisotopic (exact) mass is 367 g/mol. The molecule has 140 valence electrons. The summed E-state index contributed by atoms with van der Waals surface area (Å²) in [6, 6.07) is 6.15. The van der Waals surface area contributed by atoms with Crippen LogP contribution in [-0.2, 0) is 6.42 Å². The van der Waals surface area contributed by atoms with Gasteiger partial charge in [-0.05, 0) is 49.4 Å². The number of carbonyl (C=O) groups excluding carboxylic acids is 1. The Morgan fingerprint density at radius 2 is 2.04 bits per heavy atom. The van der Waals surface area contributed by atoms with Crippen LogP contribution in [0.5, 0.6) is 0 Å². The molecule has 2 heterocycles. The van der Waals surface area contributed by atoms with Crippen LogP contribution in [0.4, 0.5) is 4.39 Å². The molecule has 4 rings (SSSR count). The Morgan fingerprint density at radius 1 is 1.30 bits per heavy atom. The Hall–Kier alpha value is -2.96. The van der Waals surface area contributed by atoms with E-state index in [9.17, 15) is 9.18 Å². The minimum absolute atomic E-state index is 0.00575. The van der Waals surface area contributed by atoms with Gasteiger partial charge in [-0.2, -0.15) is 10.2 Å². The van der Waals surface area contributed by atoms with E-state index in [-0.39, 0.29) is 23.2 Å². The third-order valence-electron chi connectivity index (χ3n) is 5.13. The van der Waals surface area contributed by atoms with Gasteiger partial charge in [0.15, 0.2) is 0 Å². The van der Waals surface area contributed by atoms with Crippen LogP contribution in [0.2, 0.25) is 0 Å². The molecule has 3 aromatic rings. The SMILES string of the molecule is Cc1[nH]ncc1C(=O)NC1CC(C)(C)Cc2c1cnn2-c1ccc(F)cc1. The van der Waals surface area contributed by atoms with Crippen LogP contribution in [-0.4, -0.2) is 25.9 Å². The largest absolute Gasteiger partial charge is 0.345 e. The van der Waals surface area contributed by atoms with E-state index in [2.05, 4.69) is 34.5 Å². The molecule has 0 spiro atoms. The molecule has 2 aromatic heterocycles. The van der Waals surface area contributed by atoms with Gasteiger partial charge in [0, 0.05) is 11.3 Å². The minimum Gasteiger partial charge on any atom is -0.345 e. The highest BCUT2D eigenvalue weighted by molar-refractivity contribution is 5.95. The van der Waals surface area contributed by atoms with Gasteiger partial charge < -0.3 is 5.32 Å². The highest BCUT2D eigenvalue weighted by Crippen LogP contribution is 2.41. The summed E-state index contributed by atoms with van der Waals surface area (Å²) in [5.74, 6) is -0.426. The first-order valence-corrected chi connectivity index (χ1v) is 8.98. The average Bonchev–Trinajstić information content (AvgIpc) is 3.21. The van der Waals surface area contributed by atoms with Crippen molar-refractivity contribution in [3.05, 3.63) is 65.0 Å². The van der Waals surface area contributed by atoms with Gasteiger partial charge in [-0.25, -0.2) is 9.07 Å². The number of aromatic amines is 1. The molecule has 27 heavy (non-hydrogen) atoms. The number of halogens is 1. The van der Waals surface area contributed by atoms with Crippen LogP contribution in [0.1, 0.15) is 53.6 Å². The molecular weight excluding hydrogens is 345 g/mol. The van der Waals surface area contributed by atoms with E-state index in [4.69, 9.17) is 0 Å². The zero-order valence-electron chi connectivity index (χ0n) is 15.6. The van der Waals surface area contributed by atoms with Crippen LogP contribution >= 0.6 is 0 Å². The van der Waals surface area contributed by atoms with Crippen LogP contribution in [0.15, 0.2) is 36.7 Å². The van der Waals surface area contributed by atoms with Crippen molar-refractivity contribution in [2.75, 3.05) is 0 Å². The van der Waals surface area contributed by atoms with Crippen molar-refractivity contribution in [1.82, 2.24) is 25.3 Å². The number of H-pyrrole nitrogens is 1. The number of benzene rings is 1. The molecule has 6 nitrogen and oxygen atoms in total. The van der Waals surface area contributed by atoms with E-state index in [0.29, 0.717) is 5.56 Å². The second kappa shape index (κ2) is 6.33. The van der Waals surface area contributed by atoms with E-state index < -0.39 is 0 Å². The third-order valence-corrected chi connectivity index (χ3v) is 5.13. The summed E-state index contributed by atoms with van der Waals surface area (Å²) in [4.78, 5) is 12.7. The normalized spacial score (nSPS) is 18.1. The van der Waals surface area contributed by atoms with Gasteiger partial charge in [0.25, 0.3) is 5.91 Å². The van der Waals surface area contributed by atoms with Gasteiger partial charge in [0.1, 0.15) is 5.82 Å². The fraction of sp³-hybridized carbons (Fsp3) is 0.350. The summed E-state index contributed by atoms with van der Waals surface area (Å²) in [7, 11) is 0. The van der Waals surface area contributed by atoms with E-state index in [1.54, 1.807) is 24.5 Å². The molecule has 1 aromatic carbocycles. The first kappa shape index (κ1) is 17.5. The predicted octanol–water partition coefficient (Wildman–Crippen LogP) is 3.49. The number of fused-ring (bicyclic) bond motifs is 1. The van der Waals surface area contributed by atoms with Gasteiger partial charge in [0.2, 0.25) is 0 Å². The Kier molecular flexibility index (Phi) is 4.09. The van der Waals surface area contributed by atoms with Crippen molar-refractivity contribution in [2.45, 2.75) is 39.7 Å². The molecule has 0 saturated heterocycles. The van der Waals surface area contributed by atoms with Gasteiger partial charge in [-0.15, -0.1) is 0 Å². The van der Waals surface area contributed by atoms with E-state index >= 15 is 0 Å². The number of nitrogens with zero attached hydrogens (tertiary/aromatic N) is 3. The second-order valence-electron chi connectivity index (χ2n) is 7.91. The molecule has 1 atom stereocenters. The Bertz CT molecular complexity index is 986. The van der Waals surface area contributed by atoms with Crippen LogP contribution in [0, 0.1) is 18.2 Å². The maximum absolute atomic E-state index is 13.3. The van der Waals surface area contributed by atoms with Crippen molar-refractivity contribution >= 4 is 5.91 Å². The number of nitrogens with one attached hydrogen (secondary N) is 2. The predicted molar refractivity (Wildman–Crippen MR) is 99.2 cm³/mol. The zero-order valence-corrected chi connectivity index (χ0v) is 15.6. The lowest BCUT2D eigenvalue weighted by Crippen LogP contribution is -2.36. The molecule has 7 heteroatoms. The van der Waals surface area contributed by atoms with E-state index in [1.165, 1.54) is 12.1 Å². The number of carbonyl (C=O) groups is 1. The number of hydrogen-bond donors (Lipinski definition) is 2. The van der Waals surface area contributed by atoms with Crippen molar-refractivity contribution in [1.29, 1.82) is 0 Å². The summed E-state index contributed by atoms with van der Waals surface area (Å²) in [6.45, 7) is 6.19. The van der Waals surface area contributed by atoms with Gasteiger partial charge in [-0.1, -0.05) is 13.8 Å². The minimum atomic E-state index is -0.277. The highest BCUT2D eigenvalue weighted by Gasteiger charge is 2.36. The van der Waals surface area contributed by atoms with Crippen molar-refractivity contribution in [3.63, 3.8) is 0 Å². The second-order valence-corrected chi connectivity index (χ2v) is 7.91. The Labute approximate surface area is 156 Å². The molecular formula is C20H22FN5O. The Morgan fingerprint density at radius 3 is 2.70 bits per heavy atom. The van der Waals surface area contributed by atoms with Gasteiger partial charge in [0.05, 0.1) is 35.4 Å². The third kappa shape index (κ3) is 3.25. The first-order valence-electron chi connectivity index (χ1n) is 8.98. The van der Waals surface area contributed by atoms with Gasteiger partial charge in [-0.3, -0.25) is 9.89 Å². The fourth-order valence-electron chi connectivity index (χ4n) is 3.79. The Balaban J connectivity index is 1.69. The lowest BCUT2D eigenvalue weighted by Gasteiger charge is -2.36. The molecule has 1 aliphatic rings. The smallest absolute Gasteiger partial charge is 0.255 e. The first-order chi connectivity index (χ1) is 12.8. The summed E-state index contributed by atoms with van der Waals surface area (Å²) < 4.78 is 15.1. The standard InChI is InChI=1S/C20H22FN5O/c1-12-15(10-22-25-12)19(27)24-17-8-20(2,3)9-18-16(17)11-23-26(18)14-6-4-13(21)5-7-14/h4-7,10-11,17H,8-9H2,1-3H3,(H,22,25)(H,24,27). The number of hydrogen-bond acceptors (Lipinski definition) is 3. The molecule has 0 fully saturated rings. The highest BCUT2D eigenvalue weighted by atomic mass is 19.1. The number of rotatable bonds is 3. The van der Waals surface area contributed by atoms with Crippen molar-refractivity contribution < 1.29 is 9.18 Å². The number of aryl methyl sites for hydroxylation is 1. The molecule has 0 radical (unpaired) electrons. The molecule has 0 bridgehead atoms. The van der Waals surface area contributed by atoms with E-state index in [0.717, 1.165) is 35.5 Å². The molecule has 2 N–H and O–H groups in total. The quantitative estimate of drug-likeness (QED) is 0.744. The molecule has 0 aliphatic heterocycles. The summed E-state index contributed by atoms with van der Waals surface area (Å²) in [5.41, 5.74) is 4.15. The van der Waals surface area contributed by atoms with Gasteiger partial charge >= 0.3 is 0 Å². The van der Waals surface area contributed by atoms with Crippen LogP contribution < -0.4 is 5.32 Å². The molecule has 1 amide bonds. The number of amides is 1. The topological polar surface area (TPSA) is 75.6 Å². The lowest BCUT2D eigenvalue weighted by atomic mass is 9.74. The van der Waals surface area contributed by atoms with Crippen LogP contribution in [0.25, 0.3) is 5.69 Å². The van der Waals surface area contributed by atoms with Crippen molar-refractivity contribution in [3.8, 4) is 5.69 Å². The zero-order chi connectivity index (χ0) is 19.2. The van der Waals surface area contributed by atoms with Crippen LogP contribution in [0.3, 0.4) is 0 Å². The molecule has 0 saturated carbocycles.